The standard InChI is InChI=1S/C29H34FN7O2.C28H33FN8O2.C22H25ClFN5O2.C11H17N3O2/c1-4-19-8-9-20(16-31-19)33-29-32-17-24(30)27(35-29)23-11-10-22-21(23)6-5-7-25(22)34-28(38)26(18-39-3)37-14-12-36(2)13-15-37;1-36-10-12-37(13-11-36)25(17-39-2)27(38)34-24-5-3-4-20-21(24)8-9-22(20)26-23(29)16-32-28(35-26)33-19-7-6-18(14-30)31-15-19;1-28-8-10-29(11-9-28)19(13-31-2)21(30)26-18-5-3-4-14-15(18)6-7-16(14)20-17(24)12-25-22(23)27-20;1-11(2,3)16-10(15)14-7-9-5-4-8(12)6-13-9/h5-9,11,16-17,26H,4,10,12-15,18H2,1-3H3,(H,34,38)(H,32,33,35);3-7,9,15-16,25H,8,10-14,17,30H2,1-2H3,(H,34,38)(H,32,33,35);3-5,7,12,19H,6,8-11,13H2,1-2H3,(H,26,30);4-6H,7,12H2,1-3H3,(H,14,15)/t26-;25-;19-;/m111./s1. The number of aryl methyl sites for hydroxylation is 1. The first-order chi connectivity index (χ1) is 60.3. The molecule has 0 saturated carbocycles. The van der Waals surface area contributed by atoms with Crippen molar-refractivity contribution in [3.05, 3.63) is 237 Å². The van der Waals surface area contributed by atoms with E-state index in [0.717, 1.165) is 154 Å². The zero-order valence-corrected chi connectivity index (χ0v) is 72.8. The highest BCUT2D eigenvalue weighted by atomic mass is 35.5. The highest BCUT2D eigenvalue weighted by molar-refractivity contribution is 6.28. The molecule has 31 nitrogen and oxygen atoms in total. The summed E-state index contributed by atoms with van der Waals surface area (Å²) in [5.74, 6) is -1.36. The number of benzene rings is 3. The number of anilines is 8. The maximum Gasteiger partial charge on any atom is 0.407 e. The van der Waals surface area contributed by atoms with Crippen LogP contribution in [-0.2, 0) is 72.1 Å². The number of nitrogen functional groups attached to an aromatic ring is 1. The van der Waals surface area contributed by atoms with Gasteiger partial charge in [0.1, 0.15) is 40.8 Å². The Bertz CT molecular complexity index is 5110. The van der Waals surface area contributed by atoms with Gasteiger partial charge in [-0.05, 0) is 167 Å². The minimum absolute atomic E-state index is 0.00945. The monoisotopic (exact) mass is 1730 g/mol. The van der Waals surface area contributed by atoms with E-state index in [4.69, 9.17) is 42.0 Å². The zero-order chi connectivity index (χ0) is 88.8. The third-order valence-corrected chi connectivity index (χ3v) is 22.1. The number of nitrogens with zero attached hydrogens (tertiary/aromatic N) is 15. The first-order valence-corrected chi connectivity index (χ1v) is 41.8. The number of piperazine rings is 3. The van der Waals surface area contributed by atoms with Gasteiger partial charge in [-0.25, -0.2) is 47.9 Å². The largest absolute Gasteiger partial charge is 0.444 e. The minimum Gasteiger partial charge on any atom is -0.444 e. The highest BCUT2D eigenvalue weighted by Gasteiger charge is 2.35. The number of hydrogen-bond acceptors (Lipinski definition) is 27. The van der Waals surface area contributed by atoms with E-state index < -0.39 is 35.2 Å². The third kappa shape index (κ3) is 24.7. The van der Waals surface area contributed by atoms with Gasteiger partial charge in [0.15, 0.2) is 17.5 Å². The molecule has 0 unspecified atom stereocenters. The number of carbonyl (C=O) groups excluding carboxylic acids is 4. The molecule has 3 aromatic carbocycles. The van der Waals surface area contributed by atoms with Crippen LogP contribution in [-0.4, -0.2) is 263 Å². The van der Waals surface area contributed by atoms with Gasteiger partial charge in [0.05, 0.1) is 92.0 Å². The van der Waals surface area contributed by atoms with Crippen LogP contribution >= 0.6 is 11.6 Å². The van der Waals surface area contributed by atoms with Crippen molar-refractivity contribution in [3.8, 4) is 0 Å². The number of allylic oxidation sites excluding steroid dienone is 3. The highest BCUT2D eigenvalue weighted by Crippen LogP contribution is 2.41. The first-order valence-electron chi connectivity index (χ1n) is 41.5. The van der Waals surface area contributed by atoms with Crippen molar-refractivity contribution in [3.63, 3.8) is 0 Å². The number of carbonyl (C=O) groups is 4. The molecule has 3 aliphatic heterocycles. The van der Waals surface area contributed by atoms with Crippen molar-refractivity contribution >= 4 is 98.2 Å². The van der Waals surface area contributed by atoms with Crippen molar-refractivity contribution < 1.29 is 51.3 Å². The maximum absolute atomic E-state index is 15.0. The molecule has 35 heteroatoms. The van der Waals surface area contributed by atoms with E-state index in [2.05, 4.69) is 127 Å². The second-order valence-corrected chi connectivity index (χ2v) is 32.1. The second-order valence-electron chi connectivity index (χ2n) is 31.8. The Hall–Kier alpha value is -11.7. The first kappa shape index (κ1) is 92.5. The molecule has 3 aliphatic carbocycles. The van der Waals surface area contributed by atoms with Gasteiger partial charge >= 0.3 is 6.09 Å². The number of hydrogen-bond donors (Lipinski definition) is 8. The molecule has 3 saturated heterocycles. The van der Waals surface area contributed by atoms with Crippen molar-refractivity contribution in [2.75, 3.05) is 173 Å². The van der Waals surface area contributed by atoms with Crippen LogP contribution in [0.15, 0.2) is 146 Å². The van der Waals surface area contributed by atoms with Gasteiger partial charge in [0.2, 0.25) is 34.9 Å². The van der Waals surface area contributed by atoms with E-state index in [9.17, 15) is 32.3 Å². The number of aromatic nitrogens is 9. The van der Waals surface area contributed by atoms with Crippen LogP contribution in [0.5, 0.6) is 0 Å². The van der Waals surface area contributed by atoms with E-state index in [1.54, 1.807) is 58.1 Å². The molecule has 3 fully saturated rings. The van der Waals surface area contributed by atoms with Crippen LogP contribution in [0.2, 0.25) is 5.28 Å². The van der Waals surface area contributed by atoms with Gasteiger partial charge in [0, 0.05) is 146 Å². The number of nitrogens with two attached hydrogens (primary N) is 2. The lowest BCUT2D eigenvalue weighted by Crippen LogP contribution is -2.54. The number of rotatable bonds is 26. The number of alkyl carbamates (subject to hydrolysis) is 1. The Morgan fingerprint density at radius 2 is 0.840 bits per heavy atom. The molecule has 125 heavy (non-hydrogen) atoms. The average Bonchev–Trinajstić information content (AvgIpc) is 1.68. The summed E-state index contributed by atoms with van der Waals surface area (Å²) in [6.45, 7) is 19.4. The molecule has 0 bridgehead atoms. The molecule has 0 radical (unpaired) electrons. The smallest absolute Gasteiger partial charge is 0.407 e. The maximum atomic E-state index is 15.0. The molecule has 4 amide bonds. The van der Waals surface area contributed by atoms with Gasteiger partial charge in [0.25, 0.3) is 0 Å². The lowest BCUT2D eigenvalue weighted by atomic mass is 10.0. The molecule has 660 valence electrons. The summed E-state index contributed by atoms with van der Waals surface area (Å²) in [6.07, 6.45) is 16.1. The number of nitrogens with one attached hydrogen (secondary N) is 6. The van der Waals surface area contributed by atoms with E-state index in [-0.39, 0.29) is 64.1 Å². The van der Waals surface area contributed by atoms with Gasteiger partial charge in [-0.15, -0.1) is 0 Å². The average molecular weight is 1730 g/mol. The van der Waals surface area contributed by atoms with Crippen LogP contribution in [0.1, 0.15) is 95.2 Å². The van der Waals surface area contributed by atoms with Gasteiger partial charge in [-0.1, -0.05) is 61.5 Å². The molecule has 3 atom stereocenters. The quantitative estimate of drug-likeness (QED) is 0.0234. The number of pyridine rings is 3. The molecule has 6 aromatic heterocycles. The Morgan fingerprint density at radius 1 is 0.472 bits per heavy atom. The number of fused-ring (bicyclic) bond motifs is 3. The molecular formula is C90H109ClF3N23O8. The van der Waals surface area contributed by atoms with Crippen LogP contribution in [0.4, 0.5) is 64.0 Å². The van der Waals surface area contributed by atoms with Crippen LogP contribution < -0.4 is 43.4 Å². The fourth-order valence-corrected chi connectivity index (χ4v) is 15.2. The Kier molecular flexibility index (Phi) is 32.4. The van der Waals surface area contributed by atoms with E-state index in [1.165, 1.54) is 6.20 Å². The van der Waals surface area contributed by atoms with Crippen molar-refractivity contribution in [2.45, 2.75) is 90.2 Å². The zero-order valence-electron chi connectivity index (χ0n) is 72.1. The third-order valence-electron chi connectivity index (χ3n) is 21.9. The lowest BCUT2D eigenvalue weighted by Gasteiger charge is -2.36. The van der Waals surface area contributed by atoms with E-state index in [1.807, 2.05) is 119 Å². The number of amides is 4. The SMILES string of the molecule is CC(C)(C)OC(=O)NCc1ccc(N)cn1.CCc1ccc(Nc2ncc(F)c(C3=CCc4c(NC(=O)[C@@H](COC)N5CCN(C)CC5)cccc43)n2)cn1.COC[C@H](C(=O)Nc1cccc2c1CC=C2c1nc(Cl)ncc1F)N1CCN(C)CC1.COC[C@H](C(=O)Nc1cccc2c1CC=C2c1nc(Nc2ccc(CN)nc2)ncc1F)N1CCN(C)CC1. The van der Waals surface area contributed by atoms with Gasteiger partial charge < -0.3 is 77.0 Å². The normalized spacial score (nSPS) is 16.1. The molecular weight excluding hydrogens is 1620 g/mol. The summed E-state index contributed by atoms with van der Waals surface area (Å²) in [5.41, 5.74) is 25.0. The van der Waals surface area contributed by atoms with Crippen LogP contribution in [0.3, 0.4) is 0 Å². The summed E-state index contributed by atoms with van der Waals surface area (Å²) in [4.78, 5) is 102. The number of ether oxygens (including phenoxy) is 4. The number of methoxy groups -OCH3 is 3. The van der Waals surface area contributed by atoms with E-state index in [0.29, 0.717) is 97.3 Å². The number of halogens is 4. The lowest BCUT2D eigenvalue weighted by molar-refractivity contribution is -0.124. The van der Waals surface area contributed by atoms with Crippen LogP contribution in [0, 0.1) is 17.5 Å². The van der Waals surface area contributed by atoms with Gasteiger partial charge in [-0.2, -0.15) is 0 Å². The fraction of sp³-hybridized carbons (Fsp3) is 0.389. The fourth-order valence-electron chi connectivity index (χ4n) is 15.1. The Labute approximate surface area is 731 Å². The molecule has 9 aromatic rings. The summed E-state index contributed by atoms with van der Waals surface area (Å²) in [6, 6.07) is 26.7. The van der Waals surface area contributed by atoms with Crippen LogP contribution in [0.25, 0.3) is 16.7 Å². The van der Waals surface area contributed by atoms with E-state index >= 15 is 0 Å². The second kappa shape index (κ2) is 43.8. The summed E-state index contributed by atoms with van der Waals surface area (Å²) >= 11 is 5.88. The molecule has 0 spiro atoms. The molecule has 9 heterocycles. The predicted molar refractivity (Wildman–Crippen MR) is 477 cm³/mol. The number of likely N-dealkylation sites (N-methyl/N-ethyl adjacent to an activating group) is 3. The van der Waals surface area contributed by atoms with Crippen molar-refractivity contribution in [2.24, 2.45) is 5.73 Å². The topological polar surface area (TPSA) is 365 Å². The van der Waals surface area contributed by atoms with Gasteiger partial charge in [-0.3, -0.25) is 44.0 Å². The Balaban J connectivity index is 0.000000158. The summed E-state index contributed by atoms with van der Waals surface area (Å²) in [7, 11) is 11.1. The predicted octanol–water partition coefficient (Wildman–Crippen LogP) is 10.1. The van der Waals surface area contributed by atoms with Crippen molar-refractivity contribution in [1.29, 1.82) is 0 Å². The Morgan fingerprint density at radius 3 is 1.18 bits per heavy atom. The summed E-state index contributed by atoms with van der Waals surface area (Å²) in [5, 5.41) is 18.1. The minimum atomic E-state index is -0.534. The molecule has 6 aliphatic rings. The molecule has 10 N–H and O–H groups in total. The molecule has 15 rings (SSSR count). The summed E-state index contributed by atoms with van der Waals surface area (Å²) < 4.78 is 65.5. The van der Waals surface area contributed by atoms with Crippen molar-refractivity contribution in [1.82, 2.24) is 79.6 Å².